The molecule has 0 aliphatic carbocycles. The van der Waals surface area contributed by atoms with Crippen molar-refractivity contribution in [1.29, 1.82) is 0 Å². The zero-order valence-corrected chi connectivity index (χ0v) is 14.3. The molecule has 1 aliphatic rings. The van der Waals surface area contributed by atoms with Crippen molar-refractivity contribution < 1.29 is 23.1 Å². The van der Waals surface area contributed by atoms with Crippen LogP contribution < -0.4 is 10.2 Å². The average Bonchev–Trinajstić information content (AvgIpc) is 2.59. The quantitative estimate of drug-likeness (QED) is 0.875. The molecule has 2 aromatic rings. The van der Waals surface area contributed by atoms with Gasteiger partial charge < -0.3 is 15.3 Å². The summed E-state index contributed by atoms with van der Waals surface area (Å²) in [6.45, 7) is 2.57. The molecule has 5 nitrogen and oxygen atoms in total. The number of alkyl halides is 3. The summed E-state index contributed by atoms with van der Waals surface area (Å²) in [6.07, 6.45) is -2.37. The van der Waals surface area contributed by atoms with E-state index in [1.54, 1.807) is 12.1 Å². The monoisotopic (exact) mass is 367 g/mol. The first kappa shape index (κ1) is 18.4. The molecule has 0 saturated carbocycles. The van der Waals surface area contributed by atoms with Gasteiger partial charge in [0, 0.05) is 36.4 Å². The normalized spacial score (nSPS) is 21.0. The van der Waals surface area contributed by atoms with Crippen molar-refractivity contribution in [2.24, 2.45) is 5.92 Å². The zero-order valence-electron chi connectivity index (χ0n) is 14.3. The number of aromatic nitrogens is 1. The minimum absolute atomic E-state index is 0.0772. The lowest BCUT2D eigenvalue weighted by atomic mass is 9.94. The first-order valence-corrected chi connectivity index (χ1v) is 8.39. The van der Waals surface area contributed by atoms with Gasteiger partial charge in [-0.3, -0.25) is 9.78 Å². The van der Waals surface area contributed by atoms with E-state index in [0.29, 0.717) is 24.2 Å². The Bertz CT molecular complexity index is 810. The van der Waals surface area contributed by atoms with E-state index in [4.69, 9.17) is 5.11 Å². The molecular weight excluding hydrogens is 347 g/mol. The molecule has 26 heavy (non-hydrogen) atoms. The Hall–Kier alpha value is -2.35. The SMILES string of the molecule is CC1CC(NC(=O)CO)CN(c2ccc(C(F)(F)F)c3ncccc23)C1. The molecule has 1 aromatic carbocycles. The summed E-state index contributed by atoms with van der Waals surface area (Å²) in [5.74, 6) is -0.218. The number of aliphatic hydroxyl groups excluding tert-OH is 1. The molecule has 3 rings (SSSR count). The fourth-order valence-electron chi connectivity index (χ4n) is 3.59. The van der Waals surface area contributed by atoms with Gasteiger partial charge in [-0.05, 0) is 36.6 Å². The second kappa shape index (κ2) is 7.11. The molecular formula is C18H20F3N3O2. The van der Waals surface area contributed by atoms with Gasteiger partial charge in [0.2, 0.25) is 5.91 Å². The lowest BCUT2D eigenvalue weighted by Crippen LogP contribution is -2.51. The van der Waals surface area contributed by atoms with Crippen LogP contribution in [0.15, 0.2) is 30.5 Å². The summed E-state index contributed by atoms with van der Waals surface area (Å²) >= 11 is 0. The molecule has 2 heterocycles. The number of halogens is 3. The Morgan fingerprint density at radius 1 is 1.35 bits per heavy atom. The van der Waals surface area contributed by atoms with Crippen LogP contribution in [-0.2, 0) is 11.0 Å². The van der Waals surface area contributed by atoms with E-state index >= 15 is 0 Å². The molecule has 140 valence electrons. The smallest absolute Gasteiger partial charge is 0.387 e. The molecule has 0 bridgehead atoms. The van der Waals surface area contributed by atoms with E-state index in [0.717, 1.165) is 12.5 Å². The maximum Gasteiger partial charge on any atom is 0.418 e. The van der Waals surface area contributed by atoms with E-state index in [1.165, 1.54) is 12.3 Å². The average molecular weight is 367 g/mol. The lowest BCUT2D eigenvalue weighted by Gasteiger charge is -2.38. The summed E-state index contributed by atoms with van der Waals surface area (Å²) in [5, 5.41) is 12.1. The van der Waals surface area contributed by atoms with Crippen molar-refractivity contribution >= 4 is 22.5 Å². The number of amides is 1. The Morgan fingerprint density at radius 3 is 2.81 bits per heavy atom. The van der Waals surface area contributed by atoms with Gasteiger partial charge in [0.05, 0.1) is 11.1 Å². The molecule has 2 N–H and O–H groups in total. The summed E-state index contributed by atoms with van der Waals surface area (Å²) in [6, 6.07) is 5.60. The maximum absolute atomic E-state index is 13.3. The first-order valence-electron chi connectivity index (χ1n) is 8.39. The predicted molar refractivity (Wildman–Crippen MR) is 91.8 cm³/mol. The molecule has 1 fully saturated rings. The number of hydrogen-bond acceptors (Lipinski definition) is 4. The molecule has 1 saturated heterocycles. The highest BCUT2D eigenvalue weighted by molar-refractivity contribution is 5.94. The van der Waals surface area contributed by atoms with E-state index in [1.807, 2.05) is 11.8 Å². The third kappa shape index (κ3) is 3.75. The number of hydrogen-bond donors (Lipinski definition) is 2. The minimum atomic E-state index is -4.47. The van der Waals surface area contributed by atoms with Gasteiger partial charge in [-0.15, -0.1) is 0 Å². The van der Waals surface area contributed by atoms with Crippen LogP contribution in [0.3, 0.4) is 0 Å². The van der Waals surface area contributed by atoms with Gasteiger partial charge in [0.1, 0.15) is 6.61 Å². The summed E-state index contributed by atoms with van der Waals surface area (Å²) in [7, 11) is 0. The lowest BCUT2D eigenvalue weighted by molar-refractivity contribution is -0.136. The fourth-order valence-corrected chi connectivity index (χ4v) is 3.59. The van der Waals surface area contributed by atoms with Crippen molar-refractivity contribution in [3.05, 3.63) is 36.0 Å². The number of piperidine rings is 1. The second-order valence-electron chi connectivity index (χ2n) is 6.70. The third-order valence-electron chi connectivity index (χ3n) is 4.56. The fraction of sp³-hybridized carbons (Fsp3) is 0.444. The van der Waals surface area contributed by atoms with Crippen molar-refractivity contribution in [1.82, 2.24) is 10.3 Å². The van der Waals surface area contributed by atoms with E-state index in [-0.39, 0.29) is 17.5 Å². The Morgan fingerprint density at radius 2 is 2.12 bits per heavy atom. The minimum Gasteiger partial charge on any atom is -0.387 e. The van der Waals surface area contributed by atoms with Crippen LogP contribution in [-0.4, -0.2) is 41.7 Å². The number of fused-ring (bicyclic) bond motifs is 1. The van der Waals surface area contributed by atoms with Gasteiger partial charge in [-0.1, -0.05) is 6.92 Å². The highest BCUT2D eigenvalue weighted by atomic mass is 19.4. The highest BCUT2D eigenvalue weighted by Gasteiger charge is 2.34. The molecule has 2 atom stereocenters. The molecule has 1 amide bonds. The van der Waals surface area contributed by atoms with Crippen LogP contribution in [0.25, 0.3) is 10.9 Å². The van der Waals surface area contributed by atoms with Crippen molar-refractivity contribution in [3.8, 4) is 0 Å². The number of aliphatic hydroxyl groups is 1. The van der Waals surface area contributed by atoms with Crippen molar-refractivity contribution in [2.75, 3.05) is 24.6 Å². The standard InChI is InChI=1S/C18H20F3N3O2/c1-11-7-12(23-16(26)10-25)9-24(8-11)15-5-4-14(18(19,20)21)17-13(15)3-2-6-22-17/h2-6,11-12,25H,7-10H2,1H3,(H,23,26). The molecule has 8 heteroatoms. The number of benzene rings is 1. The number of nitrogens with one attached hydrogen (secondary N) is 1. The van der Waals surface area contributed by atoms with Crippen molar-refractivity contribution in [3.63, 3.8) is 0 Å². The molecule has 0 spiro atoms. The summed E-state index contributed by atoms with van der Waals surface area (Å²) < 4.78 is 39.8. The van der Waals surface area contributed by atoms with Crippen LogP contribution in [0, 0.1) is 5.92 Å². The molecule has 1 aromatic heterocycles. The first-order chi connectivity index (χ1) is 12.3. The van der Waals surface area contributed by atoms with Crippen LogP contribution >= 0.6 is 0 Å². The maximum atomic E-state index is 13.3. The van der Waals surface area contributed by atoms with Crippen LogP contribution in [0.1, 0.15) is 18.9 Å². The topological polar surface area (TPSA) is 65.5 Å². The number of rotatable bonds is 3. The third-order valence-corrected chi connectivity index (χ3v) is 4.56. The van der Waals surface area contributed by atoms with Gasteiger partial charge in [-0.2, -0.15) is 13.2 Å². The largest absolute Gasteiger partial charge is 0.418 e. The van der Waals surface area contributed by atoms with Crippen LogP contribution in [0.4, 0.5) is 18.9 Å². The second-order valence-corrected chi connectivity index (χ2v) is 6.70. The Labute approximate surface area is 148 Å². The Kier molecular flexibility index (Phi) is 5.04. The van der Waals surface area contributed by atoms with Crippen LogP contribution in [0.2, 0.25) is 0 Å². The molecule has 2 unspecified atom stereocenters. The Balaban J connectivity index is 1.98. The van der Waals surface area contributed by atoms with Gasteiger partial charge in [0.15, 0.2) is 0 Å². The highest BCUT2D eigenvalue weighted by Crippen LogP contribution is 2.38. The van der Waals surface area contributed by atoms with E-state index in [2.05, 4.69) is 10.3 Å². The number of anilines is 1. The summed E-state index contributed by atoms with van der Waals surface area (Å²) in [5.41, 5.74) is -0.172. The number of pyridine rings is 1. The number of carbonyl (C=O) groups is 1. The van der Waals surface area contributed by atoms with E-state index in [9.17, 15) is 18.0 Å². The molecule has 0 radical (unpaired) electrons. The summed E-state index contributed by atoms with van der Waals surface area (Å²) in [4.78, 5) is 17.4. The zero-order chi connectivity index (χ0) is 18.9. The predicted octanol–water partition coefficient (Wildman–Crippen LogP) is 2.58. The number of nitrogens with zero attached hydrogens (tertiary/aromatic N) is 2. The van der Waals surface area contributed by atoms with E-state index < -0.39 is 24.3 Å². The van der Waals surface area contributed by atoms with Gasteiger partial charge in [0.25, 0.3) is 0 Å². The van der Waals surface area contributed by atoms with Crippen LogP contribution in [0.5, 0.6) is 0 Å². The van der Waals surface area contributed by atoms with Gasteiger partial charge >= 0.3 is 6.18 Å². The number of carbonyl (C=O) groups excluding carboxylic acids is 1. The van der Waals surface area contributed by atoms with Crippen molar-refractivity contribution in [2.45, 2.75) is 25.6 Å². The molecule has 1 aliphatic heterocycles. The van der Waals surface area contributed by atoms with Gasteiger partial charge in [-0.25, -0.2) is 0 Å².